The smallest absolute Gasteiger partial charge is 0.120 e. The van der Waals surface area contributed by atoms with Crippen molar-refractivity contribution >= 4 is 0 Å². The minimum Gasteiger partial charge on any atom is -0.489 e. The monoisotopic (exact) mass is 207 g/mol. The molecule has 1 aromatic rings. The lowest BCUT2D eigenvalue weighted by Crippen LogP contribution is -2.33. The highest BCUT2D eigenvalue weighted by molar-refractivity contribution is 5.27. The zero-order valence-corrected chi connectivity index (χ0v) is 10.1. The van der Waals surface area contributed by atoms with E-state index in [1.165, 1.54) is 5.56 Å². The number of benzene rings is 1. The first-order valence-corrected chi connectivity index (χ1v) is 5.54. The Hall–Kier alpha value is -1.02. The van der Waals surface area contributed by atoms with E-state index in [1.807, 2.05) is 12.1 Å². The molecular weight excluding hydrogens is 186 g/mol. The minimum atomic E-state index is 0.203. The van der Waals surface area contributed by atoms with Crippen molar-refractivity contribution in [3.8, 4) is 5.75 Å². The molecule has 0 radical (unpaired) electrons. The van der Waals surface area contributed by atoms with Gasteiger partial charge in [0.1, 0.15) is 11.9 Å². The molecular formula is C13H21NO. The van der Waals surface area contributed by atoms with Gasteiger partial charge in [-0.15, -0.1) is 0 Å². The van der Waals surface area contributed by atoms with Gasteiger partial charge in [0.25, 0.3) is 0 Å². The molecule has 2 nitrogen and oxygen atoms in total. The van der Waals surface area contributed by atoms with Crippen LogP contribution in [0.3, 0.4) is 0 Å². The van der Waals surface area contributed by atoms with Crippen LogP contribution < -0.4 is 10.1 Å². The first-order chi connectivity index (χ1) is 7.08. The van der Waals surface area contributed by atoms with E-state index in [0.29, 0.717) is 6.04 Å². The number of hydrogen-bond donors (Lipinski definition) is 1. The van der Waals surface area contributed by atoms with E-state index < -0.39 is 0 Å². The molecule has 0 fully saturated rings. The predicted octanol–water partition coefficient (Wildman–Crippen LogP) is 2.76. The van der Waals surface area contributed by atoms with Gasteiger partial charge in [-0.3, -0.25) is 0 Å². The van der Waals surface area contributed by atoms with E-state index in [2.05, 4.69) is 45.1 Å². The second-order valence-electron chi connectivity index (χ2n) is 4.31. The van der Waals surface area contributed by atoms with Gasteiger partial charge < -0.3 is 10.1 Å². The maximum absolute atomic E-state index is 5.78. The van der Waals surface area contributed by atoms with Gasteiger partial charge in [0.05, 0.1) is 0 Å². The molecule has 0 aliphatic carbocycles. The van der Waals surface area contributed by atoms with Crippen LogP contribution in [-0.4, -0.2) is 18.7 Å². The minimum absolute atomic E-state index is 0.203. The second kappa shape index (κ2) is 5.76. The SMILES string of the molecule is Cc1cccc(O[C@H](C)CNC(C)C)c1. The molecule has 0 aromatic heterocycles. The Morgan fingerprint density at radius 2 is 2.00 bits per heavy atom. The van der Waals surface area contributed by atoms with Crippen LogP contribution in [0.2, 0.25) is 0 Å². The predicted molar refractivity (Wildman–Crippen MR) is 64.4 cm³/mol. The second-order valence-corrected chi connectivity index (χ2v) is 4.31. The molecule has 0 saturated carbocycles. The van der Waals surface area contributed by atoms with Crippen molar-refractivity contribution in [3.05, 3.63) is 29.8 Å². The number of aryl methyl sites for hydroxylation is 1. The van der Waals surface area contributed by atoms with E-state index in [4.69, 9.17) is 4.74 Å². The topological polar surface area (TPSA) is 21.3 Å². The summed E-state index contributed by atoms with van der Waals surface area (Å²) in [7, 11) is 0. The molecule has 0 heterocycles. The third-order valence-corrected chi connectivity index (χ3v) is 2.14. The first-order valence-electron chi connectivity index (χ1n) is 5.54. The summed E-state index contributed by atoms with van der Waals surface area (Å²) >= 11 is 0. The molecule has 0 aliphatic heterocycles. The molecule has 0 amide bonds. The summed E-state index contributed by atoms with van der Waals surface area (Å²) in [6.07, 6.45) is 0.203. The maximum Gasteiger partial charge on any atom is 0.120 e. The fourth-order valence-electron chi connectivity index (χ4n) is 1.36. The van der Waals surface area contributed by atoms with E-state index >= 15 is 0 Å². The highest BCUT2D eigenvalue weighted by atomic mass is 16.5. The summed E-state index contributed by atoms with van der Waals surface area (Å²) in [5, 5.41) is 3.36. The summed E-state index contributed by atoms with van der Waals surface area (Å²) in [6.45, 7) is 9.31. The molecule has 0 bridgehead atoms. The van der Waals surface area contributed by atoms with Crippen LogP contribution in [0.25, 0.3) is 0 Å². The summed E-state index contributed by atoms with van der Waals surface area (Å²) in [6, 6.07) is 8.66. The molecule has 15 heavy (non-hydrogen) atoms. The molecule has 1 aromatic carbocycles. The van der Waals surface area contributed by atoms with Gasteiger partial charge in [-0.1, -0.05) is 26.0 Å². The molecule has 0 spiro atoms. The lowest BCUT2D eigenvalue weighted by atomic mass is 10.2. The maximum atomic E-state index is 5.78. The van der Waals surface area contributed by atoms with Crippen LogP contribution in [0.15, 0.2) is 24.3 Å². The Labute approximate surface area is 92.6 Å². The van der Waals surface area contributed by atoms with Crippen LogP contribution in [0.4, 0.5) is 0 Å². The third-order valence-electron chi connectivity index (χ3n) is 2.14. The van der Waals surface area contributed by atoms with Gasteiger partial charge in [-0.05, 0) is 31.5 Å². The van der Waals surface area contributed by atoms with E-state index in [-0.39, 0.29) is 6.10 Å². The number of ether oxygens (including phenoxy) is 1. The zero-order valence-electron chi connectivity index (χ0n) is 10.1. The average molecular weight is 207 g/mol. The molecule has 0 unspecified atom stereocenters. The van der Waals surface area contributed by atoms with Crippen LogP contribution in [0, 0.1) is 6.92 Å². The Morgan fingerprint density at radius 3 is 2.60 bits per heavy atom. The molecule has 1 N–H and O–H groups in total. The van der Waals surface area contributed by atoms with Crippen molar-refractivity contribution in [2.24, 2.45) is 0 Å². The Kier molecular flexibility index (Phi) is 4.63. The van der Waals surface area contributed by atoms with Crippen LogP contribution in [-0.2, 0) is 0 Å². The Balaban J connectivity index is 2.40. The fourth-order valence-corrected chi connectivity index (χ4v) is 1.36. The molecule has 84 valence electrons. The van der Waals surface area contributed by atoms with Crippen molar-refractivity contribution < 1.29 is 4.74 Å². The van der Waals surface area contributed by atoms with E-state index in [1.54, 1.807) is 0 Å². The van der Waals surface area contributed by atoms with Gasteiger partial charge >= 0.3 is 0 Å². The lowest BCUT2D eigenvalue weighted by Gasteiger charge is -2.17. The van der Waals surface area contributed by atoms with Gasteiger partial charge in [-0.2, -0.15) is 0 Å². The number of nitrogens with one attached hydrogen (secondary N) is 1. The summed E-state index contributed by atoms with van der Waals surface area (Å²) in [5.74, 6) is 0.952. The van der Waals surface area contributed by atoms with Crippen LogP contribution >= 0.6 is 0 Å². The van der Waals surface area contributed by atoms with Gasteiger partial charge in [0.15, 0.2) is 0 Å². The fraction of sp³-hybridized carbons (Fsp3) is 0.538. The quantitative estimate of drug-likeness (QED) is 0.801. The van der Waals surface area contributed by atoms with Crippen molar-refractivity contribution in [3.63, 3.8) is 0 Å². The summed E-state index contributed by atoms with van der Waals surface area (Å²) < 4.78 is 5.78. The van der Waals surface area contributed by atoms with Crippen molar-refractivity contribution in [2.75, 3.05) is 6.54 Å². The van der Waals surface area contributed by atoms with Crippen LogP contribution in [0.5, 0.6) is 5.75 Å². The molecule has 1 atom stereocenters. The average Bonchev–Trinajstić information content (AvgIpc) is 2.15. The Bertz CT molecular complexity index is 296. The molecule has 0 aliphatic rings. The molecule has 2 heteroatoms. The van der Waals surface area contributed by atoms with Crippen molar-refractivity contribution in [2.45, 2.75) is 39.8 Å². The lowest BCUT2D eigenvalue weighted by molar-refractivity contribution is 0.213. The number of hydrogen-bond acceptors (Lipinski definition) is 2. The van der Waals surface area contributed by atoms with Gasteiger partial charge in [-0.25, -0.2) is 0 Å². The normalized spacial score (nSPS) is 12.9. The summed E-state index contributed by atoms with van der Waals surface area (Å²) in [4.78, 5) is 0. The van der Waals surface area contributed by atoms with E-state index in [9.17, 15) is 0 Å². The van der Waals surface area contributed by atoms with Gasteiger partial charge in [0.2, 0.25) is 0 Å². The van der Waals surface area contributed by atoms with E-state index in [0.717, 1.165) is 12.3 Å². The molecule has 1 rings (SSSR count). The first kappa shape index (κ1) is 12.1. The highest BCUT2D eigenvalue weighted by Gasteiger charge is 2.04. The zero-order chi connectivity index (χ0) is 11.3. The third kappa shape index (κ3) is 4.84. The molecule has 0 saturated heterocycles. The largest absolute Gasteiger partial charge is 0.489 e. The summed E-state index contributed by atoms with van der Waals surface area (Å²) in [5.41, 5.74) is 1.23. The standard InChI is InChI=1S/C13H21NO/c1-10(2)14-9-12(4)15-13-7-5-6-11(3)8-13/h5-8,10,12,14H,9H2,1-4H3/t12-/m1/s1. The Morgan fingerprint density at radius 1 is 1.27 bits per heavy atom. The number of rotatable bonds is 5. The van der Waals surface area contributed by atoms with Crippen LogP contribution in [0.1, 0.15) is 26.3 Å². The van der Waals surface area contributed by atoms with Crippen molar-refractivity contribution in [1.82, 2.24) is 5.32 Å². The van der Waals surface area contributed by atoms with Crippen molar-refractivity contribution in [1.29, 1.82) is 0 Å². The van der Waals surface area contributed by atoms with Gasteiger partial charge in [0, 0.05) is 12.6 Å². The highest BCUT2D eigenvalue weighted by Crippen LogP contribution is 2.13.